The molecule has 0 bridgehead atoms. The Labute approximate surface area is 90.4 Å². The minimum Gasteiger partial charge on any atom is -0.334 e. The van der Waals surface area contributed by atoms with Gasteiger partial charge in [0.2, 0.25) is 0 Å². The van der Waals surface area contributed by atoms with E-state index in [0.29, 0.717) is 6.04 Å². The van der Waals surface area contributed by atoms with E-state index in [1.165, 1.54) is 0 Å². The Balaban J connectivity index is 1.75. The first-order valence-corrected chi connectivity index (χ1v) is 5.77. The van der Waals surface area contributed by atoms with Crippen LogP contribution in [0.2, 0.25) is 0 Å². The Hall–Kier alpha value is -0.810. The minimum absolute atomic E-state index is 0.0793. The monoisotopic (exact) mass is 212 g/mol. The van der Waals surface area contributed by atoms with E-state index >= 15 is 0 Å². The van der Waals surface area contributed by atoms with Crippen LogP contribution in [0.4, 0.5) is 4.79 Å². The fraction of sp³-hybridized carbons (Fsp3) is 0.900. The summed E-state index contributed by atoms with van der Waals surface area (Å²) in [7, 11) is 0. The van der Waals surface area contributed by atoms with Crippen LogP contribution < -0.4 is 16.4 Å². The third-order valence-corrected chi connectivity index (χ3v) is 3.21. The van der Waals surface area contributed by atoms with Crippen molar-refractivity contribution in [3.8, 4) is 0 Å². The molecule has 2 fully saturated rings. The fourth-order valence-electron chi connectivity index (χ4n) is 2.15. The molecule has 0 spiro atoms. The second kappa shape index (κ2) is 4.81. The summed E-state index contributed by atoms with van der Waals surface area (Å²) >= 11 is 0. The molecule has 0 aromatic rings. The van der Waals surface area contributed by atoms with E-state index in [1.54, 1.807) is 0 Å². The van der Waals surface area contributed by atoms with Crippen molar-refractivity contribution in [1.29, 1.82) is 0 Å². The molecular formula is C10H20N4O. The highest BCUT2D eigenvalue weighted by molar-refractivity contribution is 5.74. The van der Waals surface area contributed by atoms with E-state index in [-0.39, 0.29) is 12.1 Å². The molecule has 0 aromatic carbocycles. The van der Waals surface area contributed by atoms with Crippen LogP contribution in [0.1, 0.15) is 19.3 Å². The highest BCUT2D eigenvalue weighted by atomic mass is 16.2. The first kappa shape index (κ1) is 10.7. The molecule has 2 heterocycles. The van der Waals surface area contributed by atoms with Gasteiger partial charge in [-0.3, -0.25) is 0 Å². The van der Waals surface area contributed by atoms with Crippen LogP contribution in [-0.2, 0) is 0 Å². The number of hydrogen-bond donors (Lipinski definition) is 3. The molecule has 5 nitrogen and oxygen atoms in total. The van der Waals surface area contributed by atoms with Crippen molar-refractivity contribution in [2.75, 3.05) is 26.2 Å². The van der Waals surface area contributed by atoms with Crippen LogP contribution in [0.15, 0.2) is 0 Å². The smallest absolute Gasteiger partial charge is 0.317 e. The molecule has 2 aliphatic heterocycles. The summed E-state index contributed by atoms with van der Waals surface area (Å²) in [6.45, 7) is 3.51. The molecule has 2 aliphatic rings. The lowest BCUT2D eigenvalue weighted by molar-refractivity contribution is 0.179. The lowest BCUT2D eigenvalue weighted by Gasteiger charge is -2.31. The van der Waals surface area contributed by atoms with Crippen molar-refractivity contribution < 1.29 is 4.79 Å². The van der Waals surface area contributed by atoms with Gasteiger partial charge in [-0.1, -0.05) is 0 Å². The van der Waals surface area contributed by atoms with Crippen molar-refractivity contribution in [2.24, 2.45) is 5.73 Å². The number of urea groups is 1. The van der Waals surface area contributed by atoms with Crippen LogP contribution in [0.3, 0.4) is 0 Å². The Bertz CT molecular complexity index is 219. The van der Waals surface area contributed by atoms with E-state index in [9.17, 15) is 4.79 Å². The predicted octanol–water partition coefficient (Wildman–Crippen LogP) is -0.519. The average Bonchev–Trinajstić information content (AvgIpc) is 2.71. The van der Waals surface area contributed by atoms with Crippen molar-refractivity contribution in [2.45, 2.75) is 31.3 Å². The minimum atomic E-state index is 0.0793. The number of carbonyl (C=O) groups is 1. The number of nitrogens with one attached hydrogen (secondary N) is 2. The van der Waals surface area contributed by atoms with Gasteiger partial charge in [-0.15, -0.1) is 0 Å². The van der Waals surface area contributed by atoms with Crippen molar-refractivity contribution >= 4 is 6.03 Å². The van der Waals surface area contributed by atoms with Gasteiger partial charge in [0.15, 0.2) is 0 Å². The maximum Gasteiger partial charge on any atom is 0.317 e. The summed E-state index contributed by atoms with van der Waals surface area (Å²) in [5, 5.41) is 6.28. The summed E-state index contributed by atoms with van der Waals surface area (Å²) in [5.74, 6) is 0. The predicted molar refractivity (Wildman–Crippen MR) is 58.6 cm³/mol. The fourth-order valence-corrected chi connectivity index (χ4v) is 2.15. The van der Waals surface area contributed by atoms with E-state index in [1.807, 2.05) is 4.90 Å². The lowest BCUT2D eigenvalue weighted by atomic mass is 10.1. The van der Waals surface area contributed by atoms with Gasteiger partial charge in [0, 0.05) is 31.7 Å². The maximum absolute atomic E-state index is 11.8. The number of nitrogens with two attached hydrogens (primary N) is 1. The zero-order valence-electron chi connectivity index (χ0n) is 9.04. The van der Waals surface area contributed by atoms with Gasteiger partial charge in [-0.05, 0) is 25.8 Å². The van der Waals surface area contributed by atoms with E-state index < -0.39 is 0 Å². The molecule has 0 aromatic heterocycles. The SMILES string of the molecule is NC1CCN(C(=O)N[C@@H]2CCNC2)CC1. The third kappa shape index (κ3) is 2.82. The second-order valence-corrected chi connectivity index (χ2v) is 4.46. The Kier molecular flexibility index (Phi) is 3.43. The summed E-state index contributed by atoms with van der Waals surface area (Å²) in [5.41, 5.74) is 5.79. The zero-order chi connectivity index (χ0) is 10.7. The Morgan fingerprint density at radius 2 is 2.07 bits per heavy atom. The molecular weight excluding hydrogens is 192 g/mol. The van der Waals surface area contributed by atoms with E-state index in [2.05, 4.69) is 10.6 Å². The molecule has 2 amide bonds. The second-order valence-electron chi connectivity index (χ2n) is 4.46. The normalized spacial score (nSPS) is 28.1. The van der Waals surface area contributed by atoms with Gasteiger partial charge in [0.25, 0.3) is 0 Å². The van der Waals surface area contributed by atoms with Crippen molar-refractivity contribution in [3.63, 3.8) is 0 Å². The zero-order valence-corrected chi connectivity index (χ0v) is 9.04. The molecule has 1 atom stereocenters. The van der Waals surface area contributed by atoms with E-state index in [0.717, 1.165) is 45.4 Å². The van der Waals surface area contributed by atoms with Gasteiger partial charge in [0.1, 0.15) is 0 Å². The largest absolute Gasteiger partial charge is 0.334 e. The summed E-state index contributed by atoms with van der Waals surface area (Å²) in [4.78, 5) is 13.7. The lowest BCUT2D eigenvalue weighted by Crippen LogP contribution is -2.50. The van der Waals surface area contributed by atoms with Crippen LogP contribution in [0, 0.1) is 0 Å². The van der Waals surface area contributed by atoms with Crippen LogP contribution >= 0.6 is 0 Å². The highest BCUT2D eigenvalue weighted by Gasteiger charge is 2.23. The highest BCUT2D eigenvalue weighted by Crippen LogP contribution is 2.08. The standard InChI is InChI=1S/C10H20N4O/c11-8-2-5-14(6-3-8)10(15)13-9-1-4-12-7-9/h8-9,12H,1-7,11H2,(H,13,15)/t9-/m1/s1. The molecule has 15 heavy (non-hydrogen) atoms. The number of amides is 2. The van der Waals surface area contributed by atoms with Gasteiger partial charge >= 0.3 is 6.03 Å². The van der Waals surface area contributed by atoms with Crippen LogP contribution in [-0.4, -0.2) is 49.2 Å². The Morgan fingerprint density at radius 1 is 1.33 bits per heavy atom. The molecule has 0 unspecified atom stereocenters. The quantitative estimate of drug-likeness (QED) is 0.548. The number of rotatable bonds is 1. The molecule has 0 saturated carbocycles. The van der Waals surface area contributed by atoms with Gasteiger partial charge < -0.3 is 21.3 Å². The van der Waals surface area contributed by atoms with Crippen LogP contribution in [0.5, 0.6) is 0 Å². The van der Waals surface area contributed by atoms with Gasteiger partial charge in [-0.25, -0.2) is 4.79 Å². The van der Waals surface area contributed by atoms with Crippen molar-refractivity contribution in [3.05, 3.63) is 0 Å². The number of nitrogens with zero attached hydrogens (tertiary/aromatic N) is 1. The molecule has 86 valence electrons. The maximum atomic E-state index is 11.8. The molecule has 4 N–H and O–H groups in total. The summed E-state index contributed by atoms with van der Waals surface area (Å²) in [6.07, 6.45) is 2.89. The molecule has 2 rings (SSSR count). The first-order valence-electron chi connectivity index (χ1n) is 5.77. The van der Waals surface area contributed by atoms with Crippen molar-refractivity contribution in [1.82, 2.24) is 15.5 Å². The number of carbonyl (C=O) groups excluding carboxylic acids is 1. The number of hydrogen-bond acceptors (Lipinski definition) is 3. The molecule has 0 radical (unpaired) electrons. The van der Waals surface area contributed by atoms with Gasteiger partial charge in [-0.2, -0.15) is 0 Å². The van der Waals surface area contributed by atoms with Crippen LogP contribution in [0.25, 0.3) is 0 Å². The topological polar surface area (TPSA) is 70.4 Å². The van der Waals surface area contributed by atoms with E-state index in [4.69, 9.17) is 5.73 Å². The molecule has 0 aliphatic carbocycles. The average molecular weight is 212 g/mol. The Morgan fingerprint density at radius 3 is 2.67 bits per heavy atom. The molecule has 5 heteroatoms. The van der Waals surface area contributed by atoms with Gasteiger partial charge in [0.05, 0.1) is 0 Å². The molecule has 2 saturated heterocycles. The number of piperidine rings is 1. The summed E-state index contributed by atoms with van der Waals surface area (Å²) in [6, 6.07) is 0.672. The number of likely N-dealkylation sites (tertiary alicyclic amines) is 1. The first-order chi connectivity index (χ1) is 7.25. The third-order valence-electron chi connectivity index (χ3n) is 3.21. The summed E-state index contributed by atoms with van der Waals surface area (Å²) < 4.78 is 0.